The van der Waals surface area contributed by atoms with E-state index in [9.17, 15) is 0 Å². The van der Waals surface area contributed by atoms with Crippen molar-refractivity contribution in [3.05, 3.63) is 57.8 Å². The van der Waals surface area contributed by atoms with Crippen molar-refractivity contribution >= 4 is 52.1 Å². The minimum atomic E-state index is 0.271. The third-order valence-electron chi connectivity index (χ3n) is 5.68. The van der Waals surface area contributed by atoms with Gasteiger partial charge in [-0.2, -0.15) is 0 Å². The van der Waals surface area contributed by atoms with Gasteiger partial charge in [0.15, 0.2) is 5.82 Å². The molecule has 3 aromatic rings. The smallest absolute Gasteiger partial charge is 0.154 e. The summed E-state index contributed by atoms with van der Waals surface area (Å²) in [6.45, 7) is 9.88. The van der Waals surface area contributed by atoms with Gasteiger partial charge in [0.05, 0.1) is 12.6 Å². The topological polar surface area (TPSA) is 50.3 Å². The van der Waals surface area contributed by atoms with Gasteiger partial charge in [-0.3, -0.25) is 0 Å². The zero-order valence-electron chi connectivity index (χ0n) is 19.7. The van der Waals surface area contributed by atoms with Crippen LogP contribution >= 0.6 is 23.2 Å². The van der Waals surface area contributed by atoms with Gasteiger partial charge in [0.2, 0.25) is 0 Å². The first-order chi connectivity index (χ1) is 15.9. The number of nitrogens with one attached hydrogen (secondary N) is 1. The average Bonchev–Trinajstić information content (AvgIpc) is 2.81. The largest absolute Gasteiger partial charge is 0.497 e. The quantitative estimate of drug-likeness (QED) is 0.314. The van der Waals surface area contributed by atoms with E-state index in [2.05, 4.69) is 31.0 Å². The highest BCUT2D eigenvalue weighted by Gasteiger charge is 2.12. The van der Waals surface area contributed by atoms with Crippen LogP contribution in [0.1, 0.15) is 45.0 Å². The van der Waals surface area contributed by atoms with E-state index in [-0.39, 0.29) is 6.04 Å². The summed E-state index contributed by atoms with van der Waals surface area (Å²) in [6, 6.07) is 11.5. The number of hydrogen-bond donors (Lipinski definition) is 1. The molecule has 176 valence electrons. The van der Waals surface area contributed by atoms with Crippen LogP contribution in [0.15, 0.2) is 36.4 Å². The van der Waals surface area contributed by atoms with E-state index >= 15 is 0 Å². The lowest BCUT2D eigenvalue weighted by molar-refractivity contribution is 0.295. The number of ether oxygens (including phenoxy) is 1. The first-order valence-corrected chi connectivity index (χ1v) is 12.2. The van der Waals surface area contributed by atoms with Crippen molar-refractivity contribution in [1.29, 1.82) is 0 Å². The molecule has 0 saturated heterocycles. The SMILES string of the molecule is CCN(CC)CCC[C@H](C)Nc1nc(/C=C/c2ccc(Cl)cc2Cl)nc2ccc(OC)cc12. The van der Waals surface area contributed by atoms with Crippen molar-refractivity contribution in [2.75, 3.05) is 32.1 Å². The van der Waals surface area contributed by atoms with E-state index < -0.39 is 0 Å². The van der Waals surface area contributed by atoms with Crippen molar-refractivity contribution in [3.63, 3.8) is 0 Å². The fourth-order valence-electron chi connectivity index (χ4n) is 3.70. The van der Waals surface area contributed by atoms with Crippen LogP contribution in [0, 0.1) is 0 Å². The van der Waals surface area contributed by atoms with Crippen molar-refractivity contribution in [3.8, 4) is 5.75 Å². The van der Waals surface area contributed by atoms with Crippen LogP contribution in [0.4, 0.5) is 5.82 Å². The molecule has 1 heterocycles. The molecule has 1 aromatic heterocycles. The molecule has 0 amide bonds. The fourth-order valence-corrected chi connectivity index (χ4v) is 4.18. The van der Waals surface area contributed by atoms with E-state index in [1.807, 2.05) is 42.5 Å². The van der Waals surface area contributed by atoms with E-state index in [0.717, 1.165) is 60.5 Å². The highest BCUT2D eigenvalue weighted by atomic mass is 35.5. The zero-order chi connectivity index (χ0) is 23.8. The minimum absolute atomic E-state index is 0.271. The van der Waals surface area contributed by atoms with Crippen molar-refractivity contribution in [2.24, 2.45) is 0 Å². The lowest BCUT2D eigenvalue weighted by Gasteiger charge is -2.20. The monoisotopic (exact) mass is 486 g/mol. The first kappa shape index (κ1) is 25.3. The highest BCUT2D eigenvalue weighted by molar-refractivity contribution is 6.35. The summed E-state index contributed by atoms with van der Waals surface area (Å²) in [5.41, 5.74) is 1.71. The van der Waals surface area contributed by atoms with E-state index in [4.69, 9.17) is 37.9 Å². The van der Waals surface area contributed by atoms with Gasteiger partial charge in [-0.25, -0.2) is 9.97 Å². The lowest BCUT2D eigenvalue weighted by atomic mass is 10.1. The number of hydrogen-bond acceptors (Lipinski definition) is 5. The summed E-state index contributed by atoms with van der Waals surface area (Å²) in [5, 5.41) is 5.73. The molecule has 2 aromatic carbocycles. The maximum Gasteiger partial charge on any atom is 0.154 e. The standard InChI is InChI=1S/C26H32Cl2N4O/c1-5-32(6-2)15-7-8-18(3)29-26-22-17-21(33-4)12-13-24(22)30-25(31-26)14-10-19-9-11-20(27)16-23(19)28/h9-14,16-18H,5-8,15H2,1-4H3,(H,29,30,31)/b14-10+/t18-/m0/s1. The second-order valence-electron chi connectivity index (χ2n) is 8.03. The van der Waals surface area contributed by atoms with Gasteiger partial charge in [0, 0.05) is 21.5 Å². The van der Waals surface area contributed by atoms with Crippen LogP contribution in [-0.4, -0.2) is 47.7 Å². The van der Waals surface area contributed by atoms with Gasteiger partial charge in [-0.15, -0.1) is 0 Å². The third kappa shape index (κ3) is 7.07. The molecule has 0 fully saturated rings. The van der Waals surface area contributed by atoms with Crippen LogP contribution < -0.4 is 10.1 Å². The van der Waals surface area contributed by atoms with E-state index in [1.54, 1.807) is 13.2 Å². The molecule has 1 atom stereocenters. The molecule has 0 aliphatic heterocycles. The Morgan fingerprint density at radius 3 is 2.55 bits per heavy atom. The second-order valence-corrected chi connectivity index (χ2v) is 8.87. The molecule has 0 radical (unpaired) electrons. The average molecular weight is 487 g/mol. The van der Waals surface area contributed by atoms with Crippen molar-refractivity contribution < 1.29 is 4.74 Å². The second kappa shape index (κ2) is 12.2. The number of rotatable bonds is 11. The summed E-state index contributed by atoms with van der Waals surface area (Å²) >= 11 is 12.3. The van der Waals surface area contributed by atoms with Crippen molar-refractivity contribution in [1.82, 2.24) is 14.9 Å². The minimum Gasteiger partial charge on any atom is -0.497 e. The summed E-state index contributed by atoms with van der Waals surface area (Å²) < 4.78 is 5.43. The molecule has 0 aliphatic carbocycles. The molecule has 5 nitrogen and oxygen atoms in total. The Morgan fingerprint density at radius 2 is 1.85 bits per heavy atom. The highest BCUT2D eigenvalue weighted by Crippen LogP contribution is 2.27. The number of halogens is 2. The molecular weight excluding hydrogens is 455 g/mol. The molecule has 1 N–H and O–H groups in total. The number of nitrogens with zero attached hydrogens (tertiary/aromatic N) is 3. The predicted molar refractivity (Wildman–Crippen MR) is 142 cm³/mol. The Morgan fingerprint density at radius 1 is 1.06 bits per heavy atom. The van der Waals surface area contributed by atoms with Gasteiger partial charge < -0.3 is 15.0 Å². The Kier molecular flexibility index (Phi) is 9.36. The molecular formula is C26H32Cl2N4O. The van der Waals surface area contributed by atoms with Crippen LogP contribution in [0.25, 0.3) is 23.1 Å². The van der Waals surface area contributed by atoms with Gasteiger partial charge >= 0.3 is 0 Å². The molecule has 0 bridgehead atoms. The van der Waals surface area contributed by atoms with Crippen molar-refractivity contribution in [2.45, 2.75) is 39.7 Å². The predicted octanol–water partition coefficient (Wildman–Crippen LogP) is 7.04. The molecule has 7 heteroatoms. The van der Waals surface area contributed by atoms with Crippen LogP contribution in [0.2, 0.25) is 10.0 Å². The normalized spacial score (nSPS) is 12.6. The van der Waals surface area contributed by atoms with Gasteiger partial charge in [-0.1, -0.05) is 43.1 Å². The number of methoxy groups -OCH3 is 1. The third-order valence-corrected chi connectivity index (χ3v) is 6.25. The number of anilines is 1. The van der Waals surface area contributed by atoms with Crippen LogP contribution in [0.5, 0.6) is 5.75 Å². The Bertz CT molecular complexity index is 1100. The summed E-state index contributed by atoms with van der Waals surface area (Å²) in [6.07, 6.45) is 5.96. The van der Waals surface area contributed by atoms with E-state index in [1.165, 1.54) is 0 Å². The van der Waals surface area contributed by atoms with Gasteiger partial charge in [0.25, 0.3) is 0 Å². The van der Waals surface area contributed by atoms with Crippen LogP contribution in [-0.2, 0) is 0 Å². The van der Waals surface area contributed by atoms with Gasteiger partial charge in [-0.05, 0) is 87.4 Å². The Balaban J connectivity index is 1.85. The summed E-state index contributed by atoms with van der Waals surface area (Å²) in [4.78, 5) is 12.0. The molecule has 0 aliphatic rings. The molecule has 33 heavy (non-hydrogen) atoms. The number of fused-ring (bicyclic) bond motifs is 1. The maximum absolute atomic E-state index is 6.31. The molecule has 0 spiro atoms. The Hall–Kier alpha value is -2.34. The number of aromatic nitrogens is 2. The molecule has 0 unspecified atom stereocenters. The van der Waals surface area contributed by atoms with Gasteiger partial charge in [0.1, 0.15) is 11.6 Å². The fraction of sp³-hybridized carbons (Fsp3) is 0.385. The first-order valence-electron chi connectivity index (χ1n) is 11.4. The molecule has 0 saturated carbocycles. The summed E-state index contributed by atoms with van der Waals surface area (Å²) in [7, 11) is 1.66. The lowest BCUT2D eigenvalue weighted by Crippen LogP contribution is -2.25. The molecule has 3 rings (SSSR count). The maximum atomic E-state index is 6.31. The van der Waals surface area contributed by atoms with E-state index in [0.29, 0.717) is 15.9 Å². The summed E-state index contributed by atoms with van der Waals surface area (Å²) in [5.74, 6) is 2.19. The Labute approximate surface area is 206 Å². The van der Waals surface area contributed by atoms with Crippen LogP contribution in [0.3, 0.4) is 0 Å². The zero-order valence-corrected chi connectivity index (χ0v) is 21.2. The number of benzene rings is 2.